The molecule has 1 aliphatic carbocycles. The van der Waals surface area contributed by atoms with Crippen molar-refractivity contribution in [1.82, 2.24) is 10.2 Å². The van der Waals surface area contributed by atoms with Crippen molar-refractivity contribution in [2.45, 2.75) is 31.5 Å². The van der Waals surface area contributed by atoms with Crippen molar-refractivity contribution in [2.24, 2.45) is 5.92 Å². The van der Waals surface area contributed by atoms with Gasteiger partial charge in [0.2, 0.25) is 0 Å². The van der Waals surface area contributed by atoms with Gasteiger partial charge in [-0.1, -0.05) is 12.5 Å². The van der Waals surface area contributed by atoms with Crippen LogP contribution >= 0.6 is 0 Å². The second kappa shape index (κ2) is 6.16. The molecule has 0 amide bonds. The molecule has 1 aromatic carbocycles. The summed E-state index contributed by atoms with van der Waals surface area (Å²) >= 11 is 0. The number of alkyl halides is 3. The van der Waals surface area contributed by atoms with Crippen LogP contribution in [0.15, 0.2) is 18.2 Å². The zero-order valence-corrected chi connectivity index (χ0v) is 12.3. The molecule has 1 aliphatic heterocycles. The van der Waals surface area contributed by atoms with Gasteiger partial charge in [0.1, 0.15) is 5.82 Å². The van der Waals surface area contributed by atoms with Crippen LogP contribution in [0.5, 0.6) is 0 Å². The van der Waals surface area contributed by atoms with E-state index in [1.807, 2.05) is 0 Å². The SMILES string of the molecule is Fc1cc(C(F)(F)F)ccc1[C@@H](C1CCC1)N1CCNCC1. The smallest absolute Gasteiger partial charge is 0.314 e. The van der Waals surface area contributed by atoms with E-state index in [-0.39, 0.29) is 6.04 Å². The number of nitrogens with zero attached hydrogens (tertiary/aromatic N) is 1. The van der Waals surface area contributed by atoms with Gasteiger partial charge in [-0.15, -0.1) is 0 Å². The molecule has 1 atom stereocenters. The molecule has 2 fully saturated rings. The van der Waals surface area contributed by atoms with Crippen molar-refractivity contribution >= 4 is 0 Å². The van der Waals surface area contributed by atoms with E-state index in [0.29, 0.717) is 17.5 Å². The van der Waals surface area contributed by atoms with Crippen molar-refractivity contribution in [3.8, 4) is 0 Å². The summed E-state index contributed by atoms with van der Waals surface area (Å²) in [7, 11) is 0. The Morgan fingerprint density at radius 2 is 1.82 bits per heavy atom. The second-order valence-corrected chi connectivity index (χ2v) is 6.16. The summed E-state index contributed by atoms with van der Waals surface area (Å²) in [6.45, 7) is 3.29. The fourth-order valence-corrected chi connectivity index (χ4v) is 3.41. The lowest BCUT2D eigenvalue weighted by atomic mass is 9.76. The molecule has 122 valence electrons. The first kappa shape index (κ1) is 15.7. The Balaban J connectivity index is 1.90. The van der Waals surface area contributed by atoms with E-state index in [9.17, 15) is 17.6 Å². The van der Waals surface area contributed by atoms with E-state index in [1.54, 1.807) is 0 Å². The standard InChI is InChI=1S/C16H20F4N2/c17-14-10-12(16(18,19)20)4-5-13(14)15(11-2-1-3-11)22-8-6-21-7-9-22/h4-5,10-11,15,21H,1-3,6-9H2/t15-/m1/s1. The van der Waals surface area contributed by atoms with E-state index >= 15 is 0 Å². The van der Waals surface area contributed by atoms with E-state index in [4.69, 9.17) is 0 Å². The Bertz CT molecular complexity index is 519. The summed E-state index contributed by atoms with van der Waals surface area (Å²) < 4.78 is 52.5. The largest absolute Gasteiger partial charge is 0.416 e. The average molecular weight is 316 g/mol. The lowest BCUT2D eigenvalue weighted by Crippen LogP contribution is -2.48. The van der Waals surface area contributed by atoms with Crippen molar-refractivity contribution in [3.63, 3.8) is 0 Å². The van der Waals surface area contributed by atoms with Crippen molar-refractivity contribution in [3.05, 3.63) is 35.1 Å². The monoisotopic (exact) mass is 316 g/mol. The van der Waals surface area contributed by atoms with E-state index in [2.05, 4.69) is 10.2 Å². The first-order valence-electron chi connectivity index (χ1n) is 7.78. The molecule has 6 heteroatoms. The molecular formula is C16H20F4N2. The van der Waals surface area contributed by atoms with Crippen LogP contribution in [-0.2, 0) is 6.18 Å². The number of nitrogens with one attached hydrogen (secondary N) is 1. The molecule has 2 aliphatic rings. The Labute approximate surface area is 127 Å². The molecular weight excluding hydrogens is 296 g/mol. The first-order chi connectivity index (χ1) is 10.5. The summed E-state index contributed by atoms with van der Waals surface area (Å²) in [6, 6.07) is 2.89. The van der Waals surface area contributed by atoms with Gasteiger partial charge in [-0.25, -0.2) is 4.39 Å². The molecule has 0 spiro atoms. The summed E-state index contributed by atoms with van der Waals surface area (Å²) in [6.07, 6.45) is -1.33. The molecule has 0 bridgehead atoms. The van der Waals surface area contributed by atoms with E-state index in [1.165, 1.54) is 6.07 Å². The predicted molar refractivity (Wildman–Crippen MR) is 75.9 cm³/mol. The molecule has 2 nitrogen and oxygen atoms in total. The summed E-state index contributed by atoms with van der Waals surface area (Å²) in [5.74, 6) is -0.380. The first-order valence-corrected chi connectivity index (χ1v) is 7.78. The van der Waals surface area contributed by atoms with Crippen LogP contribution in [0.4, 0.5) is 17.6 Å². The zero-order valence-electron chi connectivity index (χ0n) is 12.3. The Morgan fingerprint density at radius 3 is 2.32 bits per heavy atom. The summed E-state index contributed by atoms with van der Waals surface area (Å²) in [4.78, 5) is 2.21. The third-order valence-corrected chi connectivity index (χ3v) is 4.79. The van der Waals surface area contributed by atoms with Crippen LogP contribution in [0, 0.1) is 11.7 Å². The third-order valence-electron chi connectivity index (χ3n) is 4.79. The lowest BCUT2D eigenvalue weighted by molar-refractivity contribution is -0.137. The minimum absolute atomic E-state index is 0.0990. The number of piperazine rings is 1. The van der Waals surface area contributed by atoms with Crippen LogP contribution < -0.4 is 5.32 Å². The minimum Gasteiger partial charge on any atom is -0.314 e. The molecule has 0 radical (unpaired) electrons. The highest BCUT2D eigenvalue weighted by atomic mass is 19.4. The Kier molecular flexibility index (Phi) is 4.41. The average Bonchev–Trinajstić information content (AvgIpc) is 2.43. The van der Waals surface area contributed by atoms with Gasteiger partial charge in [0.15, 0.2) is 0 Å². The van der Waals surface area contributed by atoms with Gasteiger partial charge in [0, 0.05) is 37.8 Å². The quantitative estimate of drug-likeness (QED) is 0.857. The van der Waals surface area contributed by atoms with Crippen molar-refractivity contribution < 1.29 is 17.6 Å². The molecule has 1 N–H and O–H groups in total. The Hall–Kier alpha value is -1.14. The lowest BCUT2D eigenvalue weighted by Gasteiger charge is -2.43. The number of hydrogen-bond donors (Lipinski definition) is 1. The van der Waals surface area contributed by atoms with Crippen LogP contribution in [0.2, 0.25) is 0 Å². The maximum absolute atomic E-state index is 14.4. The fraction of sp³-hybridized carbons (Fsp3) is 0.625. The van der Waals surface area contributed by atoms with Gasteiger partial charge in [-0.2, -0.15) is 13.2 Å². The van der Waals surface area contributed by atoms with Crippen LogP contribution in [0.25, 0.3) is 0 Å². The van der Waals surface area contributed by atoms with Gasteiger partial charge in [0.25, 0.3) is 0 Å². The van der Waals surface area contributed by atoms with Gasteiger partial charge in [0.05, 0.1) is 5.56 Å². The number of rotatable bonds is 3. The normalized spacial score (nSPS) is 22.4. The molecule has 0 unspecified atom stereocenters. The highest BCUT2D eigenvalue weighted by Crippen LogP contribution is 2.43. The molecule has 0 aromatic heterocycles. The molecule has 1 heterocycles. The molecule has 1 saturated heterocycles. The zero-order chi connectivity index (χ0) is 15.7. The highest BCUT2D eigenvalue weighted by molar-refractivity contribution is 5.29. The molecule has 3 rings (SSSR count). The Morgan fingerprint density at radius 1 is 1.14 bits per heavy atom. The maximum atomic E-state index is 14.4. The van der Waals surface area contributed by atoms with Crippen LogP contribution in [-0.4, -0.2) is 31.1 Å². The van der Waals surface area contributed by atoms with Gasteiger partial charge in [-0.3, -0.25) is 4.90 Å². The summed E-state index contributed by atoms with van der Waals surface area (Å²) in [5.41, 5.74) is -0.499. The van der Waals surface area contributed by atoms with E-state index in [0.717, 1.165) is 51.5 Å². The van der Waals surface area contributed by atoms with Crippen molar-refractivity contribution in [1.29, 1.82) is 0 Å². The van der Waals surface area contributed by atoms with Crippen LogP contribution in [0.3, 0.4) is 0 Å². The minimum atomic E-state index is -4.50. The van der Waals surface area contributed by atoms with Gasteiger partial charge < -0.3 is 5.32 Å². The van der Waals surface area contributed by atoms with Crippen LogP contribution in [0.1, 0.15) is 36.4 Å². The van der Waals surface area contributed by atoms with E-state index < -0.39 is 17.6 Å². The van der Waals surface area contributed by atoms with Gasteiger partial charge >= 0.3 is 6.18 Å². The highest BCUT2D eigenvalue weighted by Gasteiger charge is 2.37. The fourth-order valence-electron chi connectivity index (χ4n) is 3.41. The molecule has 22 heavy (non-hydrogen) atoms. The number of halogens is 4. The third kappa shape index (κ3) is 3.13. The van der Waals surface area contributed by atoms with Gasteiger partial charge in [-0.05, 0) is 30.9 Å². The second-order valence-electron chi connectivity index (χ2n) is 6.16. The van der Waals surface area contributed by atoms with Crippen molar-refractivity contribution in [2.75, 3.05) is 26.2 Å². The summed E-state index contributed by atoms with van der Waals surface area (Å²) in [5, 5.41) is 3.26. The maximum Gasteiger partial charge on any atom is 0.416 e. The number of benzene rings is 1. The number of hydrogen-bond acceptors (Lipinski definition) is 2. The topological polar surface area (TPSA) is 15.3 Å². The molecule has 1 saturated carbocycles. The molecule has 1 aromatic rings. The predicted octanol–water partition coefficient (Wildman–Crippen LogP) is 3.59.